The summed E-state index contributed by atoms with van der Waals surface area (Å²) in [6, 6.07) is 17.8. The number of nitrogens with one attached hydrogen (secondary N) is 1. The molecule has 5 nitrogen and oxygen atoms in total. The van der Waals surface area contributed by atoms with Gasteiger partial charge in [0.1, 0.15) is 0 Å². The molecule has 0 bridgehead atoms. The second kappa shape index (κ2) is 6.24. The van der Waals surface area contributed by atoms with Gasteiger partial charge in [0.2, 0.25) is 0 Å². The number of nitrogens with zero attached hydrogens (tertiary/aromatic N) is 2. The molecule has 2 aromatic carbocycles. The second-order valence-corrected chi connectivity index (χ2v) is 6.91. The van der Waals surface area contributed by atoms with E-state index in [1.807, 2.05) is 35.2 Å². The van der Waals surface area contributed by atoms with Crippen molar-refractivity contribution in [1.29, 1.82) is 0 Å². The number of carbonyl (C=O) groups is 1. The summed E-state index contributed by atoms with van der Waals surface area (Å²) >= 11 is 0. The number of anilines is 1. The molecular formula is C20H21N3O2. The second-order valence-electron chi connectivity index (χ2n) is 6.91. The standard InChI is InChI=1S/C20H21N3O2/c1-20(15-8-3-2-4-9-15)12-7-13-23(14-20)19(24)21-18-16-10-5-6-11-17(16)25-22-18/h2-6,8-11H,7,12-14H2,1H3,(H,21,22,24). The van der Waals surface area contributed by atoms with Crippen LogP contribution in [0.3, 0.4) is 0 Å². The van der Waals surface area contributed by atoms with Gasteiger partial charge in [-0.3, -0.25) is 5.32 Å². The molecule has 25 heavy (non-hydrogen) atoms. The lowest BCUT2D eigenvalue weighted by atomic mass is 9.76. The van der Waals surface area contributed by atoms with Crippen molar-refractivity contribution in [3.63, 3.8) is 0 Å². The fraction of sp³-hybridized carbons (Fsp3) is 0.300. The van der Waals surface area contributed by atoms with Gasteiger partial charge in [-0.1, -0.05) is 54.5 Å². The van der Waals surface area contributed by atoms with Crippen LogP contribution in [-0.2, 0) is 5.41 Å². The minimum absolute atomic E-state index is 0.0251. The van der Waals surface area contributed by atoms with E-state index in [9.17, 15) is 4.79 Å². The van der Waals surface area contributed by atoms with Crippen molar-refractivity contribution in [3.8, 4) is 0 Å². The molecule has 1 N–H and O–H groups in total. The number of piperidine rings is 1. The number of benzene rings is 2. The first-order valence-electron chi connectivity index (χ1n) is 8.62. The zero-order valence-corrected chi connectivity index (χ0v) is 14.2. The summed E-state index contributed by atoms with van der Waals surface area (Å²) in [5.74, 6) is 0.479. The van der Waals surface area contributed by atoms with E-state index in [1.165, 1.54) is 5.56 Å². The minimum atomic E-state index is -0.124. The van der Waals surface area contributed by atoms with Gasteiger partial charge in [0, 0.05) is 18.5 Å². The topological polar surface area (TPSA) is 58.4 Å². The van der Waals surface area contributed by atoms with E-state index >= 15 is 0 Å². The lowest BCUT2D eigenvalue weighted by Crippen LogP contribution is -2.48. The predicted molar refractivity (Wildman–Crippen MR) is 97.6 cm³/mol. The first-order valence-corrected chi connectivity index (χ1v) is 8.62. The molecule has 0 aliphatic carbocycles. The molecule has 0 spiro atoms. The smallest absolute Gasteiger partial charge is 0.323 e. The Morgan fingerprint density at radius 2 is 1.92 bits per heavy atom. The molecule has 1 fully saturated rings. The van der Waals surface area contributed by atoms with Crippen LogP contribution in [0.25, 0.3) is 11.0 Å². The number of rotatable bonds is 2. The Morgan fingerprint density at radius 1 is 1.16 bits per heavy atom. The van der Waals surface area contributed by atoms with E-state index in [0.29, 0.717) is 17.9 Å². The van der Waals surface area contributed by atoms with Gasteiger partial charge in [0.25, 0.3) is 0 Å². The molecule has 1 aliphatic heterocycles. The van der Waals surface area contributed by atoms with Crippen LogP contribution < -0.4 is 5.32 Å². The Morgan fingerprint density at radius 3 is 2.76 bits per heavy atom. The first kappa shape index (κ1) is 15.7. The predicted octanol–water partition coefficient (Wildman–Crippen LogP) is 4.41. The molecule has 2 amide bonds. The molecule has 128 valence electrons. The van der Waals surface area contributed by atoms with Crippen LogP contribution in [0.1, 0.15) is 25.3 Å². The molecule has 5 heteroatoms. The number of amides is 2. The number of carbonyl (C=O) groups excluding carboxylic acids is 1. The number of fused-ring (bicyclic) bond motifs is 1. The molecule has 1 atom stereocenters. The molecule has 1 aliphatic rings. The fourth-order valence-corrected chi connectivity index (χ4v) is 3.65. The first-order chi connectivity index (χ1) is 12.2. The highest BCUT2D eigenvalue weighted by Gasteiger charge is 2.34. The van der Waals surface area contributed by atoms with Crippen LogP contribution in [0.15, 0.2) is 59.1 Å². The van der Waals surface area contributed by atoms with Crippen LogP contribution in [0.4, 0.5) is 10.6 Å². The van der Waals surface area contributed by atoms with Crippen LogP contribution in [0, 0.1) is 0 Å². The van der Waals surface area contributed by atoms with E-state index in [4.69, 9.17) is 4.52 Å². The Balaban J connectivity index is 1.52. The molecule has 0 saturated carbocycles. The summed E-state index contributed by atoms with van der Waals surface area (Å²) in [4.78, 5) is 14.6. The Hall–Kier alpha value is -2.82. The zero-order valence-electron chi connectivity index (χ0n) is 14.2. The van der Waals surface area contributed by atoms with Gasteiger partial charge in [-0.25, -0.2) is 4.79 Å². The highest BCUT2D eigenvalue weighted by atomic mass is 16.5. The van der Waals surface area contributed by atoms with Gasteiger partial charge < -0.3 is 9.42 Å². The maximum Gasteiger partial charge on any atom is 0.323 e. The van der Waals surface area contributed by atoms with Crippen molar-refractivity contribution in [2.75, 3.05) is 18.4 Å². The van der Waals surface area contributed by atoms with E-state index in [0.717, 1.165) is 24.8 Å². The van der Waals surface area contributed by atoms with Crippen molar-refractivity contribution in [2.24, 2.45) is 0 Å². The molecule has 1 saturated heterocycles. The van der Waals surface area contributed by atoms with Gasteiger partial charge in [0.15, 0.2) is 11.4 Å². The van der Waals surface area contributed by atoms with Crippen LogP contribution in [0.2, 0.25) is 0 Å². The lowest BCUT2D eigenvalue weighted by Gasteiger charge is -2.40. The number of likely N-dealkylation sites (tertiary alicyclic amines) is 1. The summed E-state index contributed by atoms with van der Waals surface area (Å²) in [6.07, 6.45) is 2.06. The third-order valence-corrected chi connectivity index (χ3v) is 5.06. The fourth-order valence-electron chi connectivity index (χ4n) is 3.65. The highest BCUT2D eigenvalue weighted by molar-refractivity contribution is 5.98. The van der Waals surface area contributed by atoms with E-state index < -0.39 is 0 Å². The monoisotopic (exact) mass is 335 g/mol. The molecule has 0 radical (unpaired) electrons. The number of hydrogen-bond acceptors (Lipinski definition) is 3. The largest absolute Gasteiger partial charge is 0.354 e. The number of urea groups is 1. The van der Waals surface area contributed by atoms with Gasteiger partial charge >= 0.3 is 6.03 Å². The van der Waals surface area contributed by atoms with Gasteiger partial charge in [-0.05, 0) is 30.5 Å². The maximum atomic E-state index is 12.8. The summed E-state index contributed by atoms with van der Waals surface area (Å²) < 4.78 is 5.26. The SMILES string of the molecule is CC1(c2ccccc2)CCCN(C(=O)Nc2noc3ccccc23)C1. The molecule has 3 aromatic rings. The molecule has 2 heterocycles. The number of aromatic nitrogens is 1. The zero-order chi connectivity index (χ0) is 17.3. The van der Waals surface area contributed by atoms with Gasteiger partial charge in [0.05, 0.1) is 5.39 Å². The van der Waals surface area contributed by atoms with Crippen molar-refractivity contribution >= 4 is 22.8 Å². The summed E-state index contributed by atoms with van der Waals surface area (Å²) in [7, 11) is 0. The highest BCUT2D eigenvalue weighted by Crippen LogP contribution is 2.34. The lowest BCUT2D eigenvalue weighted by molar-refractivity contribution is 0.166. The van der Waals surface area contributed by atoms with Gasteiger partial charge in [-0.2, -0.15) is 0 Å². The van der Waals surface area contributed by atoms with Crippen molar-refractivity contribution < 1.29 is 9.32 Å². The normalized spacial score (nSPS) is 20.6. The average Bonchev–Trinajstić information content (AvgIpc) is 3.06. The van der Waals surface area contributed by atoms with E-state index in [2.05, 4.69) is 41.7 Å². The third-order valence-electron chi connectivity index (χ3n) is 5.06. The average molecular weight is 335 g/mol. The molecular weight excluding hydrogens is 314 g/mol. The van der Waals surface area contributed by atoms with Crippen LogP contribution in [-0.4, -0.2) is 29.2 Å². The summed E-state index contributed by atoms with van der Waals surface area (Å²) in [5, 5.41) is 7.72. The van der Waals surface area contributed by atoms with Crippen molar-refractivity contribution in [1.82, 2.24) is 10.1 Å². The summed E-state index contributed by atoms with van der Waals surface area (Å²) in [5.41, 5.74) is 1.92. The third kappa shape index (κ3) is 2.97. The van der Waals surface area contributed by atoms with Crippen molar-refractivity contribution in [2.45, 2.75) is 25.2 Å². The van der Waals surface area contributed by atoms with Gasteiger partial charge in [-0.15, -0.1) is 0 Å². The van der Waals surface area contributed by atoms with E-state index in [-0.39, 0.29) is 11.4 Å². The molecule has 1 unspecified atom stereocenters. The molecule has 4 rings (SSSR count). The summed E-state index contributed by atoms with van der Waals surface area (Å²) in [6.45, 7) is 3.68. The Labute approximate surface area is 146 Å². The van der Waals surface area contributed by atoms with Crippen LogP contribution in [0.5, 0.6) is 0 Å². The number of para-hydroxylation sites is 1. The molecule has 1 aromatic heterocycles. The van der Waals surface area contributed by atoms with E-state index in [1.54, 1.807) is 0 Å². The van der Waals surface area contributed by atoms with Crippen molar-refractivity contribution in [3.05, 3.63) is 60.2 Å². The van der Waals surface area contributed by atoms with Crippen LogP contribution >= 0.6 is 0 Å². The minimum Gasteiger partial charge on any atom is -0.354 e. The Bertz CT molecular complexity index is 890. The maximum absolute atomic E-state index is 12.8. The number of hydrogen-bond donors (Lipinski definition) is 1. The Kier molecular flexibility index (Phi) is 3.92. The quantitative estimate of drug-likeness (QED) is 0.754.